The number of methoxy groups -OCH3 is 1. The van der Waals surface area contributed by atoms with Crippen molar-refractivity contribution in [3.8, 4) is 0 Å². The molecule has 4 unspecified atom stereocenters. The predicted molar refractivity (Wildman–Crippen MR) is 93.2 cm³/mol. The fourth-order valence-electron chi connectivity index (χ4n) is 2.92. The minimum absolute atomic E-state index is 0.0832. The van der Waals surface area contributed by atoms with E-state index < -0.39 is 18.1 Å². The van der Waals surface area contributed by atoms with Gasteiger partial charge in [-0.15, -0.1) is 0 Å². The number of ether oxygens (including phenoxy) is 2. The lowest BCUT2D eigenvalue weighted by Gasteiger charge is -2.27. The van der Waals surface area contributed by atoms with Gasteiger partial charge in [0.05, 0.1) is 19.6 Å². The summed E-state index contributed by atoms with van der Waals surface area (Å²) >= 11 is 0. The highest BCUT2D eigenvalue weighted by Crippen LogP contribution is 2.32. The first-order valence-corrected chi connectivity index (χ1v) is 8.75. The Morgan fingerprint density at radius 3 is 2.56 bits per heavy atom. The summed E-state index contributed by atoms with van der Waals surface area (Å²) in [6.07, 6.45) is 4.08. The first kappa shape index (κ1) is 21.2. The second-order valence-electron chi connectivity index (χ2n) is 6.49. The maximum Gasteiger partial charge on any atom is 0.310 e. The number of carbonyl (C=O) groups excluding carboxylic acids is 3. The van der Waals surface area contributed by atoms with Gasteiger partial charge in [0.25, 0.3) is 0 Å². The van der Waals surface area contributed by atoms with Crippen molar-refractivity contribution in [1.82, 2.24) is 10.2 Å². The SMILES string of the molecule is CCC(C)C(C)C1CCC(N(C=O)/C=C(/CC(=O)OC)C(=O)NC)O1. The third kappa shape index (κ3) is 5.85. The number of hydrogen-bond donors (Lipinski definition) is 1. The third-order valence-corrected chi connectivity index (χ3v) is 5.00. The molecule has 1 aliphatic heterocycles. The van der Waals surface area contributed by atoms with Crippen LogP contribution in [0.4, 0.5) is 0 Å². The summed E-state index contributed by atoms with van der Waals surface area (Å²) in [7, 11) is 2.72. The second-order valence-corrected chi connectivity index (χ2v) is 6.49. The van der Waals surface area contributed by atoms with Gasteiger partial charge < -0.3 is 14.8 Å². The molecule has 0 radical (unpaired) electrons. The fraction of sp³-hybridized carbons (Fsp3) is 0.722. The van der Waals surface area contributed by atoms with Crippen LogP contribution in [0.15, 0.2) is 11.8 Å². The summed E-state index contributed by atoms with van der Waals surface area (Å²) in [4.78, 5) is 36.3. The van der Waals surface area contributed by atoms with Gasteiger partial charge in [-0.05, 0) is 24.7 Å². The normalized spacial score (nSPS) is 22.8. The molecule has 7 heteroatoms. The summed E-state index contributed by atoms with van der Waals surface area (Å²) in [5.41, 5.74) is 0.156. The van der Waals surface area contributed by atoms with Crippen molar-refractivity contribution < 1.29 is 23.9 Å². The predicted octanol–water partition coefficient (Wildman–Crippen LogP) is 1.83. The maximum atomic E-state index is 12.0. The molecule has 0 saturated carbocycles. The molecule has 0 bridgehead atoms. The van der Waals surface area contributed by atoms with E-state index in [1.807, 2.05) is 0 Å². The van der Waals surface area contributed by atoms with Crippen molar-refractivity contribution in [2.75, 3.05) is 14.2 Å². The summed E-state index contributed by atoms with van der Waals surface area (Å²) in [6.45, 7) is 6.50. The van der Waals surface area contributed by atoms with Crippen LogP contribution >= 0.6 is 0 Å². The standard InChI is InChI=1S/C18H30N2O5/c1-6-12(2)13(3)15-7-8-16(25-15)20(11-21)10-14(18(23)19-4)9-17(22)24-5/h10-13,15-16H,6-9H2,1-5H3,(H,19,23)/b14-10-. The maximum absolute atomic E-state index is 12.0. The van der Waals surface area contributed by atoms with E-state index in [0.29, 0.717) is 24.7 Å². The van der Waals surface area contributed by atoms with Gasteiger partial charge in [-0.1, -0.05) is 27.2 Å². The number of hydrogen-bond acceptors (Lipinski definition) is 5. The van der Waals surface area contributed by atoms with Crippen molar-refractivity contribution in [2.24, 2.45) is 11.8 Å². The van der Waals surface area contributed by atoms with Gasteiger partial charge in [0, 0.05) is 18.8 Å². The minimum atomic E-state index is -0.545. The van der Waals surface area contributed by atoms with Gasteiger partial charge in [-0.25, -0.2) is 0 Å². The van der Waals surface area contributed by atoms with Crippen LogP contribution < -0.4 is 5.32 Å². The topological polar surface area (TPSA) is 84.9 Å². The number of esters is 1. The van der Waals surface area contributed by atoms with Gasteiger partial charge in [0.1, 0.15) is 6.23 Å². The highest BCUT2D eigenvalue weighted by atomic mass is 16.5. The number of rotatable bonds is 9. The molecule has 0 spiro atoms. The highest BCUT2D eigenvalue weighted by Gasteiger charge is 2.34. The van der Waals surface area contributed by atoms with Crippen molar-refractivity contribution in [3.63, 3.8) is 0 Å². The summed E-state index contributed by atoms with van der Waals surface area (Å²) in [5, 5.41) is 2.47. The van der Waals surface area contributed by atoms with Gasteiger partial charge in [0.15, 0.2) is 0 Å². The Morgan fingerprint density at radius 1 is 1.36 bits per heavy atom. The van der Waals surface area contributed by atoms with E-state index in [2.05, 4.69) is 30.8 Å². The lowest BCUT2D eigenvalue weighted by molar-refractivity contribution is -0.140. The molecule has 1 fully saturated rings. The second kappa shape index (κ2) is 10.2. The number of likely N-dealkylation sites (N-methyl/N-ethyl adjacent to an activating group) is 1. The largest absolute Gasteiger partial charge is 0.469 e. The van der Waals surface area contributed by atoms with Gasteiger partial charge in [-0.3, -0.25) is 19.3 Å². The zero-order valence-corrected chi connectivity index (χ0v) is 15.8. The Morgan fingerprint density at radius 2 is 2.04 bits per heavy atom. The third-order valence-electron chi connectivity index (χ3n) is 5.00. The van der Waals surface area contributed by atoms with Crippen LogP contribution in [0.25, 0.3) is 0 Å². The Labute approximate surface area is 149 Å². The Hall–Kier alpha value is -1.89. The number of nitrogens with one attached hydrogen (secondary N) is 1. The van der Waals surface area contributed by atoms with Crippen molar-refractivity contribution in [3.05, 3.63) is 11.8 Å². The molecule has 0 aromatic rings. The van der Waals surface area contributed by atoms with E-state index in [9.17, 15) is 14.4 Å². The molecule has 1 N–H and O–H groups in total. The molecule has 7 nitrogen and oxygen atoms in total. The Bertz CT molecular complexity index is 506. The molecule has 1 rings (SSSR count). The molecular formula is C18H30N2O5. The zero-order chi connectivity index (χ0) is 19.0. The van der Waals surface area contributed by atoms with Gasteiger partial charge in [-0.2, -0.15) is 0 Å². The lowest BCUT2D eigenvalue weighted by Crippen LogP contribution is -2.33. The first-order valence-electron chi connectivity index (χ1n) is 8.75. The van der Waals surface area contributed by atoms with E-state index in [0.717, 1.165) is 12.8 Å². The van der Waals surface area contributed by atoms with Crippen molar-refractivity contribution >= 4 is 18.3 Å². The van der Waals surface area contributed by atoms with E-state index in [1.165, 1.54) is 25.3 Å². The summed E-state index contributed by atoms with van der Waals surface area (Å²) in [5.74, 6) is -0.0539. The molecule has 2 amide bonds. The average molecular weight is 354 g/mol. The first-order chi connectivity index (χ1) is 11.9. The van der Waals surface area contributed by atoms with Gasteiger partial charge in [0.2, 0.25) is 12.3 Å². The average Bonchev–Trinajstić information content (AvgIpc) is 3.12. The highest BCUT2D eigenvalue weighted by molar-refractivity contribution is 5.97. The van der Waals surface area contributed by atoms with Crippen molar-refractivity contribution in [2.45, 2.75) is 58.8 Å². The number of nitrogens with zero attached hydrogens (tertiary/aromatic N) is 1. The molecule has 0 aromatic heterocycles. The van der Waals surface area contributed by atoms with Crippen LogP contribution in [0.5, 0.6) is 0 Å². The molecular weight excluding hydrogens is 324 g/mol. The molecule has 1 aliphatic rings. The molecule has 4 atom stereocenters. The smallest absolute Gasteiger partial charge is 0.310 e. The lowest BCUT2D eigenvalue weighted by atomic mass is 9.88. The van der Waals surface area contributed by atoms with Crippen LogP contribution in [0.3, 0.4) is 0 Å². The van der Waals surface area contributed by atoms with Crippen LogP contribution in [-0.4, -0.2) is 49.7 Å². The quantitative estimate of drug-likeness (QED) is 0.388. The molecule has 1 saturated heterocycles. The Kier molecular flexibility index (Phi) is 8.61. The monoisotopic (exact) mass is 354 g/mol. The van der Waals surface area contributed by atoms with Crippen LogP contribution in [-0.2, 0) is 23.9 Å². The molecule has 25 heavy (non-hydrogen) atoms. The molecule has 142 valence electrons. The van der Waals surface area contributed by atoms with E-state index >= 15 is 0 Å². The zero-order valence-electron chi connectivity index (χ0n) is 15.8. The van der Waals surface area contributed by atoms with Crippen LogP contribution in [0.1, 0.15) is 46.5 Å². The molecule has 1 heterocycles. The van der Waals surface area contributed by atoms with Crippen molar-refractivity contribution in [1.29, 1.82) is 0 Å². The fourth-order valence-corrected chi connectivity index (χ4v) is 2.92. The van der Waals surface area contributed by atoms with E-state index in [4.69, 9.17) is 4.74 Å². The molecule has 0 aliphatic carbocycles. The number of carbonyl (C=O) groups is 3. The summed E-state index contributed by atoms with van der Waals surface area (Å²) in [6, 6.07) is 0. The van der Waals surface area contributed by atoms with E-state index in [1.54, 1.807) is 0 Å². The van der Waals surface area contributed by atoms with Crippen LogP contribution in [0.2, 0.25) is 0 Å². The van der Waals surface area contributed by atoms with Gasteiger partial charge >= 0.3 is 5.97 Å². The summed E-state index contributed by atoms with van der Waals surface area (Å²) < 4.78 is 10.7. The number of amides is 2. The Balaban J connectivity index is 2.87. The molecule has 0 aromatic carbocycles. The van der Waals surface area contributed by atoms with E-state index in [-0.39, 0.29) is 18.1 Å². The van der Waals surface area contributed by atoms with Crippen LogP contribution in [0, 0.1) is 11.8 Å². The minimum Gasteiger partial charge on any atom is -0.469 e.